The molecular weight excluding hydrogens is 399 g/mol. The predicted molar refractivity (Wildman–Crippen MR) is 103 cm³/mol. The Labute approximate surface area is 179 Å². The van der Waals surface area contributed by atoms with E-state index in [4.69, 9.17) is 22.9 Å². The van der Waals surface area contributed by atoms with Gasteiger partial charge in [-0.2, -0.15) is 0 Å². The molecule has 4 aliphatic rings. The van der Waals surface area contributed by atoms with E-state index in [2.05, 4.69) is 20.6 Å². The normalized spacial score (nSPS) is 31.1. The second-order valence-electron chi connectivity index (χ2n) is 7.68. The zero-order valence-electron chi connectivity index (χ0n) is 16.2. The molecule has 2 saturated carbocycles. The minimum Gasteiger partial charge on any atom is -1.00 e. The van der Waals surface area contributed by atoms with Gasteiger partial charge in [0.1, 0.15) is 23.7 Å². The minimum atomic E-state index is 0. The molecule has 2 aliphatic heterocycles. The quantitative estimate of drug-likeness (QED) is 0.190. The van der Waals surface area contributed by atoms with Crippen molar-refractivity contribution in [2.45, 2.75) is 75.5 Å². The third-order valence-electron chi connectivity index (χ3n) is 5.56. The van der Waals surface area contributed by atoms with Gasteiger partial charge in [0.2, 0.25) is 0 Å². The first-order valence-electron chi connectivity index (χ1n) is 9.76. The van der Waals surface area contributed by atoms with Crippen molar-refractivity contribution >= 4 is 11.7 Å². The topological polar surface area (TPSA) is 156 Å². The third kappa shape index (κ3) is 6.67. The molecule has 4 rings (SSSR count). The second-order valence-corrected chi connectivity index (χ2v) is 7.68. The van der Waals surface area contributed by atoms with Gasteiger partial charge in [-0.15, -0.1) is 0 Å². The predicted octanol–water partition coefficient (Wildman–Crippen LogP) is -9.71. The van der Waals surface area contributed by atoms with E-state index < -0.39 is 0 Å². The molecule has 2 aliphatic carbocycles. The van der Waals surface area contributed by atoms with Gasteiger partial charge < -0.3 is 46.9 Å². The highest BCUT2D eigenvalue weighted by Gasteiger charge is 2.29. The summed E-state index contributed by atoms with van der Waals surface area (Å²) >= 11 is 0. The van der Waals surface area contributed by atoms with Crippen LogP contribution >= 0.6 is 0 Å². The summed E-state index contributed by atoms with van der Waals surface area (Å²) in [6.45, 7) is 0. The van der Waals surface area contributed by atoms with Crippen molar-refractivity contribution < 1.29 is 34.8 Å². The molecule has 0 bridgehead atoms. The number of nitrogens with one attached hydrogen (secondary N) is 4. The zero-order valence-corrected chi connectivity index (χ0v) is 17.7. The van der Waals surface area contributed by atoms with Crippen LogP contribution in [-0.2, 0) is 0 Å². The highest BCUT2D eigenvalue weighted by Crippen LogP contribution is 2.17. The van der Waals surface area contributed by atoms with Gasteiger partial charge in [-0.05, 0) is 38.5 Å². The maximum absolute atomic E-state index is 5.74. The summed E-state index contributed by atoms with van der Waals surface area (Å²) in [5, 5.41) is 6.57. The Kier molecular flexibility index (Phi) is 9.75. The number of rotatable bonds is 0. The summed E-state index contributed by atoms with van der Waals surface area (Å²) < 4.78 is 0. The average molecular weight is 433 g/mol. The fraction of sp³-hybridized carbons (Fsp3) is 0.667. The Morgan fingerprint density at radius 3 is 1.39 bits per heavy atom. The summed E-state index contributed by atoms with van der Waals surface area (Å²) in [5.41, 5.74) is 23.0. The number of hydrogen-bond donors (Lipinski definition) is 8. The van der Waals surface area contributed by atoms with Crippen LogP contribution in [0.15, 0.2) is 23.8 Å². The van der Waals surface area contributed by atoms with Gasteiger partial charge in [0.25, 0.3) is 11.7 Å². The average Bonchev–Trinajstić information content (AvgIpc) is 2.82. The molecular formula is C18H34Cl2N8. The van der Waals surface area contributed by atoms with Crippen LogP contribution in [0.5, 0.6) is 0 Å². The van der Waals surface area contributed by atoms with E-state index in [1.54, 1.807) is 12.2 Å². The Morgan fingerprint density at radius 1 is 0.643 bits per heavy atom. The first-order chi connectivity index (χ1) is 12.5. The third-order valence-corrected chi connectivity index (χ3v) is 5.56. The fourth-order valence-corrected chi connectivity index (χ4v) is 4.31. The van der Waals surface area contributed by atoms with Crippen molar-refractivity contribution in [3.8, 4) is 0 Å². The Morgan fingerprint density at radius 2 is 1.00 bits per heavy atom. The highest BCUT2D eigenvalue weighted by atomic mass is 35.5. The lowest BCUT2D eigenvalue weighted by atomic mass is 9.91. The molecule has 4 atom stereocenters. The number of hydrogen-bond acceptors (Lipinski definition) is 6. The monoisotopic (exact) mass is 432 g/mol. The number of fused-ring (bicyclic) bond motifs is 2. The smallest absolute Gasteiger partial charge is 0.269 e. The summed E-state index contributed by atoms with van der Waals surface area (Å²) in [7, 11) is 0. The van der Waals surface area contributed by atoms with Crippen LogP contribution < -0.4 is 68.4 Å². The fourth-order valence-electron chi connectivity index (χ4n) is 4.31. The van der Waals surface area contributed by atoms with Crippen LogP contribution in [0.4, 0.5) is 0 Å². The van der Waals surface area contributed by atoms with Gasteiger partial charge in [0.05, 0.1) is 24.2 Å². The summed E-state index contributed by atoms with van der Waals surface area (Å²) in [5.74, 6) is 2.72. The number of nitrogens with two attached hydrogens (primary N) is 4. The van der Waals surface area contributed by atoms with E-state index in [9.17, 15) is 0 Å². The van der Waals surface area contributed by atoms with Gasteiger partial charge in [-0.3, -0.25) is 21.5 Å². The van der Waals surface area contributed by atoms with Crippen molar-refractivity contribution in [3.05, 3.63) is 23.8 Å². The summed E-state index contributed by atoms with van der Waals surface area (Å²) in [4.78, 5) is 6.57. The molecule has 28 heavy (non-hydrogen) atoms. The van der Waals surface area contributed by atoms with E-state index in [-0.39, 0.29) is 24.8 Å². The molecule has 12 N–H and O–H groups in total. The van der Waals surface area contributed by atoms with E-state index in [0.717, 1.165) is 0 Å². The molecule has 0 aromatic rings. The van der Waals surface area contributed by atoms with Crippen LogP contribution in [0.2, 0.25) is 0 Å². The molecule has 0 unspecified atom stereocenters. The molecule has 160 valence electrons. The molecule has 0 amide bonds. The van der Waals surface area contributed by atoms with E-state index in [1.807, 2.05) is 0 Å². The van der Waals surface area contributed by atoms with Crippen LogP contribution in [-0.4, -0.2) is 35.8 Å². The van der Waals surface area contributed by atoms with Crippen molar-refractivity contribution in [2.75, 3.05) is 0 Å². The van der Waals surface area contributed by atoms with Crippen LogP contribution in [0.1, 0.15) is 51.4 Å². The Balaban J connectivity index is 0.000000261. The van der Waals surface area contributed by atoms with Gasteiger partial charge >= 0.3 is 0 Å². The lowest BCUT2D eigenvalue weighted by Gasteiger charge is -2.27. The largest absolute Gasteiger partial charge is 1.00 e. The molecule has 2 fully saturated rings. The molecule has 0 saturated heterocycles. The van der Waals surface area contributed by atoms with E-state index in [0.29, 0.717) is 47.5 Å². The highest BCUT2D eigenvalue weighted by molar-refractivity contribution is 5.87. The van der Waals surface area contributed by atoms with Gasteiger partial charge in [-0.25, -0.2) is 0 Å². The Hall–Kier alpha value is -1.80. The van der Waals surface area contributed by atoms with Crippen molar-refractivity contribution in [3.63, 3.8) is 0 Å². The van der Waals surface area contributed by atoms with Crippen LogP contribution in [0.3, 0.4) is 0 Å². The van der Waals surface area contributed by atoms with E-state index >= 15 is 0 Å². The molecule has 0 spiro atoms. The summed E-state index contributed by atoms with van der Waals surface area (Å²) in [6, 6.07) is 1.80. The van der Waals surface area contributed by atoms with Crippen molar-refractivity contribution in [1.29, 1.82) is 0 Å². The second kappa shape index (κ2) is 11.3. The van der Waals surface area contributed by atoms with E-state index in [1.165, 1.54) is 51.4 Å². The minimum absolute atomic E-state index is 0. The molecule has 8 nitrogen and oxygen atoms in total. The SMILES string of the molecule is NC1=CC(N)=[NH+][C@@H]2CCCC[C@H]2N1.NC1=CC(N)=[NH+][C@@H]2CCCC[C@H]2N1.[Cl-].[Cl-]. The standard InChI is InChI=1S/2C9H16N4.2ClH/c2*10-8-5-9(11)13-7-4-2-1-3-6(7)12-8;;/h2*5-7,12H,1-4,10H2,(H2,11,13);2*1H/t2*6-,7-;;/m11../s1. The molecule has 0 aromatic carbocycles. The van der Waals surface area contributed by atoms with Gasteiger partial charge in [0.15, 0.2) is 0 Å². The van der Waals surface area contributed by atoms with Crippen LogP contribution in [0, 0.1) is 0 Å². The van der Waals surface area contributed by atoms with Gasteiger partial charge in [-0.1, -0.05) is 12.8 Å². The molecule has 0 radical (unpaired) electrons. The number of halogens is 2. The van der Waals surface area contributed by atoms with Crippen molar-refractivity contribution in [1.82, 2.24) is 10.6 Å². The maximum Gasteiger partial charge on any atom is 0.269 e. The molecule has 2 heterocycles. The van der Waals surface area contributed by atoms with Crippen LogP contribution in [0.25, 0.3) is 0 Å². The zero-order chi connectivity index (χ0) is 18.5. The lowest BCUT2D eigenvalue weighted by molar-refractivity contribution is -0.511. The summed E-state index contributed by atoms with van der Waals surface area (Å²) in [6.07, 6.45) is 13.4. The maximum atomic E-state index is 5.74. The lowest BCUT2D eigenvalue weighted by Crippen LogP contribution is -3.00. The van der Waals surface area contributed by atoms with Crippen molar-refractivity contribution in [2.24, 2.45) is 22.9 Å². The molecule has 10 heteroatoms. The first-order valence-corrected chi connectivity index (χ1v) is 9.76. The Bertz CT molecular complexity index is 577. The molecule has 0 aromatic heterocycles. The number of amidine groups is 2. The van der Waals surface area contributed by atoms with Gasteiger partial charge in [0, 0.05) is 0 Å². The first kappa shape index (κ1) is 24.2.